The van der Waals surface area contributed by atoms with Gasteiger partial charge in [-0.1, -0.05) is 0 Å². The Kier molecular flexibility index (Phi) is 3.32. The summed E-state index contributed by atoms with van der Waals surface area (Å²) in [6.45, 7) is 0.284. The van der Waals surface area contributed by atoms with Gasteiger partial charge in [-0.15, -0.1) is 0 Å². The van der Waals surface area contributed by atoms with Gasteiger partial charge >= 0.3 is 6.18 Å². The number of nitrogens with one attached hydrogen (secondary N) is 1. The first-order valence-electron chi connectivity index (χ1n) is 5.41. The minimum Gasteiger partial charge on any atom is -0.396 e. The summed E-state index contributed by atoms with van der Waals surface area (Å²) in [5.41, 5.74) is 5.65. The third-order valence-electron chi connectivity index (χ3n) is 2.45. The molecule has 0 atom stereocenters. The molecule has 2 aromatic heterocycles. The standard InChI is InChI=1S/C11H12F3N5/c1-19-3-2-7(18-19)5-16-9-4-10(11(12,13)14)17-6-8(9)15/h2-4,6H,5,15H2,1H3,(H,16,17). The van der Waals surface area contributed by atoms with E-state index < -0.39 is 11.9 Å². The average Bonchev–Trinajstić information content (AvgIpc) is 2.72. The number of halogens is 3. The van der Waals surface area contributed by atoms with Gasteiger partial charge in [0.1, 0.15) is 5.69 Å². The van der Waals surface area contributed by atoms with Gasteiger partial charge in [0, 0.05) is 13.2 Å². The molecule has 0 amide bonds. The predicted octanol–water partition coefficient (Wildman–Crippen LogP) is 2.03. The number of hydrogen-bond acceptors (Lipinski definition) is 4. The molecule has 0 aromatic carbocycles. The lowest BCUT2D eigenvalue weighted by Crippen LogP contribution is -2.11. The molecular formula is C11H12F3N5. The van der Waals surface area contributed by atoms with Crippen LogP contribution < -0.4 is 11.1 Å². The second kappa shape index (κ2) is 4.79. The van der Waals surface area contributed by atoms with Crippen LogP contribution in [-0.4, -0.2) is 14.8 Å². The minimum atomic E-state index is -4.49. The molecule has 2 heterocycles. The van der Waals surface area contributed by atoms with E-state index in [9.17, 15) is 13.2 Å². The lowest BCUT2D eigenvalue weighted by atomic mass is 10.2. The summed E-state index contributed by atoms with van der Waals surface area (Å²) in [4.78, 5) is 3.26. The zero-order chi connectivity index (χ0) is 14.0. The summed E-state index contributed by atoms with van der Waals surface area (Å²) in [6, 6.07) is 2.65. The number of aryl methyl sites for hydroxylation is 1. The van der Waals surface area contributed by atoms with E-state index in [1.165, 1.54) is 0 Å². The Labute approximate surface area is 107 Å². The number of pyridine rings is 1. The van der Waals surface area contributed by atoms with Crippen molar-refractivity contribution in [2.24, 2.45) is 7.05 Å². The summed E-state index contributed by atoms with van der Waals surface area (Å²) in [5.74, 6) is 0. The summed E-state index contributed by atoms with van der Waals surface area (Å²) < 4.78 is 39.2. The molecule has 102 valence electrons. The van der Waals surface area contributed by atoms with Crippen molar-refractivity contribution in [2.75, 3.05) is 11.1 Å². The molecule has 0 spiro atoms. The SMILES string of the molecule is Cn1ccc(CNc2cc(C(F)(F)F)ncc2N)n1. The minimum absolute atomic E-state index is 0.156. The molecule has 0 aliphatic rings. The topological polar surface area (TPSA) is 68.8 Å². The van der Waals surface area contributed by atoms with Gasteiger partial charge in [0.25, 0.3) is 0 Å². The Balaban J connectivity index is 2.15. The number of alkyl halides is 3. The van der Waals surface area contributed by atoms with Gasteiger partial charge in [0.05, 0.1) is 29.8 Å². The van der Waals surface area contributed by atoms with E-state index in [4.69, 9.17) is 5.73 Å². The normalized spacial score (nSPS) is 11.6. The molecule has 0 radical (unpaired) electrons. The lowest BCUT2D eigenvalue weighted by molar-refractivity contribution is -0.141. The maximum absolute atomic E-state index is 12.5. The van der Waals surface area contributed by atoms with Crippen molar-refractivity contribution in [3.05, 3.63) is 35.9 Å². The summed E-state index contributed by atoms with van der Waals surface area (Å²) in [6.07, 6.45) is -1.76. The molecule has 0 fully saturated rings. The number of nitrogens with zero attached hydrogens (tertiary/aromatic N) is 3. The zero-order valence-corrected chi connectivity index (χ0v) is 10.1. The van der Waals surface area contributed by atoms with Crippen molar-refractivity contribution in [1.82, 2.24) is 14.8 Å². The summed E-state index contributed by atoms with van der Waals surface area (Å²) in [5, 5.41) is 6.92. The van der Waals surface area contributed by atoms with Crippen molar-refractivity contribution in [3.8, 4) is 0 Å². The molecule has 8 heteroatoms. The first-order chi connectivity index (χ1) is 8.86. The molecule has 3 N–H and O–H groups in total. The van der Waals surface area contributed by atoms with Gasteiger partial charge in [0.15, 0.2) is 0 Å². The molecule has 0 unspecified atom stereocenters. The highest BCUT2D eigenvalue weighted by Crippen LogP contribution is 2.31. The van der Waals surface area contributed by atoms with Gasteiger partial charge in [-0.2, -0.15) is 18.3 Å². The number of rotatable bonds is 3. The molecule has 2 aromatic rings. The van der Waals surface area contributed by atoms with Crippen LogP contribution >= 0.6 is 0 Å². The van der Waals surface area contributed by atoms with Crippen LogP contribution in [0.5, 0.6) is 0 Å². The molecule has 0 saturated heterocycles. The quantitative estimate of drug-likeness (QED) is 0.896. The van der Waals surface area contributed by atoms with Crippen LogP contribution in [-0.2, 0) is 19.8 Å². The van der Waals surface area contributed by atoms with E-state index in [0.29, 0.717) is 5.69 Å². The maximum Gasteiger partial charge on any atom is 0.433 e. The Morgan fingerprint density at radius 3 is 2.74 bits per heavy atom. The largest absolute Gasteiger partial charge is 0.433 e. The Hall–Kier alpha value is -2.25. The van der Waals surface area contributed by atoms with E-state index in [2.05, 4.69) is 15.4 Å². The molecule has 0 saturated carbocycles. The molecule has 0 aliphatic heterocycles. The fraction of sp³-hybridized carbons (Fsp3) is 0.273. The lowest BCUT2D eigenvalue weighted by Gasteiger charge is -2.11. The highest BCUT2D eigenvalue weighted by atomic mass is 19.4. The molecule has 0 bridgehead atoms. The fourth-order valence-corrected chi connectivity index (χ4v) is 1.52. The predicted molar refractivity (Wildman–Crippen MR) is 64.2 cm³/mol. The van der Waals surface area contributed by atoms with E-state index in [1.54, 1.807) is 24.0 Å². The number of anilines is 2. The van der Waals surface area contributed by atoms with Crippen LogP contribution in [0.3, 0.4) is 0 Å². The van der Waals surface area contributed by atoms with E-state index in [-0.39, 0.29) is 17.9 Å². The van der Waals surface area contributed by atoms with Crippen LogP contribution in [0, 0.1) is 0 Å². The number of nitrogens with two attached hydrogens (primary N) is 1. The molecule has 5 nitrogen and oxygen atoms in total. The van der Waals surface area contributed by atoms with E-state index in [1.807, 2.05) is 0 Å². The van der Waals surface area contributed by atoms with Crippen LogP contribution in [0.2, 0.25) is 0 Å². The van der Waals surface area contributed by atoms with Crippen molar-refractivity contribution >= 4 is 11.4 Å². The Morgan fingerprint density at radius 2 is 2.16 bits per heavy atom. The number of hydrogen-bond donors (Lipinski definition) is 2. The fourth-order valence-electron chi connectivity index (χ4n) is 1.52. The van der Waals surface area contributed by atoms with E-state index >= 15 is 0 Å². The second-order valence-electron chi connectivity index (χ2n) is 3.99. The van der Waals surface area contributed by atoms with Crippen LogP contribution in [0.25, 0.3) is 0 Å². The number of aromatic nitrogens is 3. The van der Waals surface area contributed by atoms with Crippen LogP contribution in [0.4, 0.5) is 24.5 Å². The monoisotopic (exact) mass is 271 g/mol. The van der Waals surface area contributed by atoms with Crippen molar-refractivity contribution in [3.63, 3.8) is 0 Å². The third-order valence-corrected chi connectivity index (χ3v) is 2.45. The van der Waals surface area contributed by atoms with Gasteiger partial charge < -0.3 is 11.1 Å². The average molecular weight is 271 g/mol. The van der Waals surface area contributed by atoms with Crippen LogP contribution in [0.15, 0.2) is 24.5 Å². The van der Waals surface area contributed by atoms with Gasteiger partial charge in [-0.3, -0.25) is 4.68 Å². The van der Waals surface area contributed by atoms with Gasteiger partial charge in [0.2, 0.25) is 0 Å². The van der Waals surface area contributed by atoms with Gasteiger partial charge in [-0.05, 0) is 12.1 Å². The van der Waals surface area contributed by atoms with Crippen molar-refractivity contribution < 1.29 is 13.2 Å². The summed E-state index contributed by atoms with van der Waals surface area (Å²) in [7, 11) is 1.76. The third kappa shape index (κ3) is 3.15. The maximum atomic E-state index is 12.5. The van der Waals surface area contributed by atoms with E-state index in [0.717, 1.165) is 12.3 Å². The van der Waals surface area contributed by atoms with Gasteiger partial charge in [-0.25, -0.2) is 4.98 Å². The second-order valence-corrected chi connectivity index (χ2v) is 3.99. The molecule has 19 heavy (non-hydrogen) atoms. The summed E-state index contributed by atoms with van der Waals surface area (Å²) >= 11 is 0. The van der Waals surface area contributed by atoms with Crippen LogP contribution in [0.1, 0.15) is 11.4 Å². The zero-order valence-electron chi connectivity index (χ0n) is 10.1. The first kappa shape index (κ1) is 13.2. The first-order valence-corrected chi connectivity index (χ1v) is 5.41. The molecular weight excluding hydrogens is 259 g/mol. The molecule has 2 rings (SSSR count). The Morgan fingerprint density at radius 1 is 1.42 bits per heavy atom. The highest BCUT2D eigenvalue weighted by Gasteiger charge is 2.32. The van der Waals surface area contributed by atoms with Crippen molar-refractivity contribution in [1.29, 1.82) is 0 Å². The highest BCUT2D eigenvalue weighted by molar-refractivity contribution is 5.65. The number of nitrogen functional groups attached to an aromatic ring is 1. The Bertz CT molecular complexity index is 576. The van der Waals surface area contributed by atoms with Crippen molar-refractivity contribution in [2.45, 2.75) is 12.7 Å². The molecule has 0 aliphatic carbocycles. The smallest absolute Gasteiger partial charge is 0.396 e.